The largest absolute Gasteiger partial charge is 0.490 e. The number of hydrogen-bond acceptors (Lipinski definition) is 9. The molecule has 0 unspecified atom stereocenters. The van der Waals surface area contributed by atoms with Crippen LogP contribution in [-0.4, -0.2) is 59.0 Å². The highest BCUT2D eigenvalue weighted by molar-refractivity contribution is 7.91. The molecular weight excluding hydrogens is 591 g/mol. The van der Waals surface area contributed by atoms with Crippen LogP contribution in [0.25, 0.3) is 20.3 Å². The molecule has 4 N–H and O–H groups in total. The van der Waals surface area contributed by atoms with Gasteiger partial charge in [0.1, 0.15) is 22.4 Å². The van der Waals surface area contributed by atoms with Gasteiger partial charge in [0.05, 0.1) is 10.2 Å². The molecular formula is C21H17ClF3N5O5S3. The number of nitrogens with one attached hydrogen (secondary N) is 1. The summed E-state index contributed by atoms with van der Waals surface area (Å²) in [6.07, 6.45) is -3.29. The molecule has 0 spiro atoms. The molecule has 17 heteroatoms. The minimum Gasteiger partial charge on any atom is -0.475 e. The number of carboxylic acids is 1. The molecule has 4 heterocycles. The number of amides is 1. The predicted octanol–water partition coefficient (Wildman–Crippen LogP) is 3.85. The summed E-state index contributed by atoms with van der Waals surface area (Å²) >= 11 is 8.57. The Morgan fingerprint density at radius 3 is 2.68 bits per heavy atom. The van der Waals surface area contributed by atoms with Crippen molar-refractivity contribution in [3.05, 3.63) is 46.6 Å². The summed E-state index contributed by atoms with van der Waals surface area (Å²) in [6.45, 7) is 0.793. The average Bonchev–Trinajstić information content (AvgIpc) is 3.53. The van der Waals surface area contributed by atoms with Gasteiger partial charge in [0, 0.05) is 28.4 Å². The lowest BCUT2D eigenvalue weighted by Gasteiger charge is -2.16. The summed E-state index contributed by atoms with van der Waals surface area (Å²) in [5, 5.41) is 10.3. The number of aliphatic carboxylic acids is 1. The number of alkyl halides is 3. The van der Waals surface area contributed by atoms with Gasteiger partial charge in [0.15, 0.2) is 0 Å². The van der Waals surface area contributed by atoms with Gasteiger partial charge in [-0.15, -0.1) is 22.7 Å². The number of likely N-dealkylation sites (tertiary alicyclic amines) is 1. The number of rotatable bonds is 5. The Kier molecular flexibility index (Phi) is 7.81. The molecule has 1 saturated heterocycles. The van der Waals surface area contributed by atoms with Crippen LogP contribution in [-0.2, 0) is 26.2 Å². The molecule has 1 aromatic carbocycles. The number of benzene rings is 1. The van der Waals surface area contributed by atoms with E-state index in [-0.39, 0.29) is 10.1 Å². The Morgan fingerprint density at radius 2 is 2.00 bits per heavy atom. The van der Waals surface area contributed by atoms with Crippen molar-refractivity contribution in [2.24, 2.45) is 0 Å². The standard InChI is InChI=1S/C19H16ClN5O3S3.C2HF3O2/c20-12-1-2-14-10(5-12)6-15(30-14)31(27,28)24-13-3-4-25(19(13)26)7-11-8-29-17-16(11)22-9-23-18(17)21;3-2(4,5)1(6)7/h1-2,5-6,8-9,13,24H,3-4,7H2,(H2,21,22,23);(H,6,7)/t13-;/m0./s1. The van der Waals surface area contributed by atoms with Crippen LogP contribution < -0.4 is 10.5 Å². The molecule has 0 radical (unpaired) electrons. The van der Waals surface area contributed by atoms with Gasteiger partial charge in [0.25, 0.3) is 10.0 Å². The van der Waals surface area contributed by atoms with E-state index < -0.39 is 28.2 Å². The number of sulfonamides is 1. The van der Waals surface area contributed by atoms with Crippen LogP contribution in [0.2, 0.25) is 5.02 Å². The molecule has 1 atom stereocenters. The third-order valence-electron chi connectivity index (χ3n) is 5.37. The van der Waals surface area contributed by atoms with Crippen LogP contribution in [0, 0.1) is 0 Å². The van der Waals surface area contributed by atoms with Crippen LogP contribution in [0.4, 0.5) is 19.0 Å². The van der Waals surface area contributed by atoms with Gasteiger partial charge in [-0.05, 0) is 41.5 Å². The Bertz CT molecular complexity index is 1640. The Balaban J connectivity index is 0.000000426. The van der Waals surface area contributed by atoms with E-state index in [0.717, 1.165) is 37.2 Å². The molecule has 202 valence electrons. The fraction of sp³-hybridized carbons (Fsp3) is 0.238. The van der Waals surface area contributed by atoms with Gasteiger partial charge in [-0.2, -0.15) is 17.9 Å². The van der Waals surface area contributed by atoms with Crippen molar-refractivity contribution < 1.29 is 36.3 Å². The first-order valence-electron chi connectivity index (χ1n) is 10.5. The zero-order chi connectivity index (χ0) is 27.8. The quantitative estimate of drug-likeness (QED) is 0.309. The lowest BCUT2D eigenvalue weighted by Crippen LogP contribution is -2.41. The zero-order valence-electron chi connectivity index (χ0n) is 18.9. The Morgan fingerprint density at radius 1 is 1.29 bits per heavy atom. The van der Waals surface area contributed by atoms with Crippen LogP contribution in [0.15, 0.2) is 40.2 Å². The van der Waals surface area contributed by atoms with Crippen LogP contribution >= 0.6 is 34.3 Å². The van der Waals surface area contributed by atoms with Gasteiger partial charge in [-0.1, -0.05) is 11.6 Å². The zero-order valence-corrected chi connectivity index (χ0v) is 22.1. The molecule has 0 bridgehead atoms. The number of thiophene rings is 2. The fourth-order valence-corrected chi connectivity index (χ4v) is 7.32. The lowest BCUT2D eigenvalue weighted by atomic mass is 10.2. The minimum absolute atomic E-state index is 0.159. The molecule has 0 aliphatic carbocycles. The number of nitrogens with two attached hydrogens (primary N) is 1. The number of nitrogens with zero attached hydrogens (tertiary/aromatic N) is 3. The van der Waals surface area contributed by atoms with E-state index in [0.29, 0.717) is 30.4 Å². The summed E-state index contributed by atoms with van der Waals surface area (Å²) in [5.41, 5.74) is 7.47. The third-order valence-corrected chi connectivity index (χ3v) is 9.71. The SMILES string of the molecule is Nc1ncnc2c(CN3CC[C@H](NS(=O)(=O)c4cc5cc(Cl)ccc5s4)C3=O)csc12.O=C(O)C(F)(F)F. The molecule has 4 aromatic rings. The number of fused-ring (bicyclic) bond motifs is 2. The summed E-state index contributed by atoms with van der Waals surface area (Å²) in [4.78, 5) is 31.7. The monoisotopic (exact) mass is 607 g/mol. The molecule has 1 fully saturated rings. The summed E-state index contributed by atoms with van der Waals surface area (Å²) < 4.78 is 61.8. The van der Waals surface area contributed by atoms with Crippen LogP contribution in [0.1, 0.15) is 12.0 Å². The second kappa shape index (κ2) is 10.6. The van der Waals surface area contributed by atoms with Gasteiger partial charge >= 0.3 is 12.1 Å². The highest BCUT2D eigenvalue weighted by Gasteiger charge is 2.38. The molecule has 5 rings (SSSR count). The Labute approximate surface area is 225 Å². The topological polar surface area (TPSA) is 156 Å². The summed E-state index contributed by atoms with van der Waals surface area (Å²) in [7, 11) is -3.83. The first-order valence-corrected chi connectivity index (χ1v) is 14.1. The molecule has 1 aliphatic heterocycles. The van der Waals surface area contributed by atoms with Crippen molar-refractivity contribution in [3.63, 3.8) is 0 Å². The lowest BCUT2D eigenvalue weighted by molar-refractivity contribution is -0.192. The molecule has 3 aromatic heterocycles. The predicted molar refractivity (Wildman–Crippen MR) is 136 cm³/mol. The van der Waals surface area contributed by atoms with Gasteiger partial charge < -0.3 is 15.7 Å². The average molecular weight is 608 g/mol. The van der Waals surface area contributed by atoms with E-state index in [1.807, 2.05) is 5.38 Å². The third kappa shape index (κ3) is 5.99. The van der Waals surface area contributed by atoms with E-state index in [4.69, 9.17) is 27.2 Å². The Hall–Kier alpha value is -3.05. The second-order valence-corrected chi connectivity index (χ2v) is 12.3. The number of anilines is 1. The van der Waals surface area contributed by atoms with Crippen molar-refractivity contribution in [2.75, 3.05) is 12.3 Å². The number of carbonyl (C=O) groups is 2. The number of nitrogen functional groups attached to an aromatic ring is 1. The van der Waals surface area contributed by atoms with E-state index in [1.165, 1.54) is 17.7 Å². The second-order valence-electron chi connectivity index (χ2n) is 7.97. The highest BCUT2D eigenvalue weighted by atomic mass is 35.5. The van der Waals surface area contributed by atoms with E-state index in [9.17, 15) is 26.4 Å². The summed E-state index contributed by atoms with van der Waals surface area (Å²) in [5.74, 6) is -2.61. The first kappa shape index (κ1) is 28.0. The summed E-state index contributed by atoms with van der Waals surface area (Å²) in [6, 6.07) is 5.99. The van der Waals surface area contributed by atoms with Crippen LogP contribution in [0.5, 0.6) is 0 Å². The van der Waals surface area contributed by atoms with Crippen LogP contribution in [0.3, 0.4) is 0 Å². The van der Waals surface area contributed by atoms with E-state index >= 15 is 0 Å². The van der Waals surface area contributed by atoms with E-state index in [1.54, 1.807) is 29.2 Å². The molecule has 0 saturated carbocycles. The minimum atomic E-state index is -5.08. The van der Waals surface area contributed by atoms with Crippen molar-refractivity contribution >= 4 is 82.3 Å². The van der Waals surface area contributed by atoms with Crippen molar-refractivity contribution in [3.8, 4) is 0 Å². The molecule has 1 aliphatic rings. The molecule has 10 nitrogen and oxygen atoms in total. The van der Waals surface area contributed by atoms with Gasteiger partial charge in [0.2, 0.25) is 5.91 Å². The maximum absolute atomic E-state index is 12.9. The molecule has 1 amide bonds. The first-order chi connectivity index (χ1) is 17.8. The highest BCUT2D eigenvalue weighted by Crippen LogP contribution is 2.32. The van der Waals surface area contributed by atoms with Gasteiger partial charge in [-0.3, -0.25) is 4.79 Å². The van der Waals surface area contributed by atoms with Crippen molar-refractivity contribution in [1.82, 2.24) is 19.6 Å². The normalized spacial score (nSPS) is 16.2. The number of aromatic nitrogens is 2. The fourth-order valence-electron chi connectivity index (χ4n) is 3.61. The number of halogens is 4. The maximum atomic E-state index is 12.9. The smallest absolute Gasteiger partial charge is 0.475 e. The maximum Gasteiger partial charge on any atom is 0.490 e. The van der Waals surface area contributed by atoms with Crippen molar-refractivity contribution in [1.29, 1.82) is 0 Å². The molecule has 38 heavy (non-hydrogen) atoms. The number of hydrogen-bond donors (Lipinski definition) is 3. The van der Waals surface area contributed by atoms with Crippen molar-refractivity contribution in [2.45, 2.75) is 29.4 Å². The van der Waals surface area contributed by atoms with E-state index in [2.05, 4.69) is 14.7 Å². The van der Waals surface area contributed by atoms with Gasteiger partial charge in [-0.25, -0.2) is 23.2 Å². The number of carbonyl (C=O) groups excluding carboxylic acids is 1. The number of carboxylic acid groups (broad SMARTS) is 1.